The minimum absolute atomic E-state index is 0.190. The molecule has 0 unspecified atom stereocenters. The number of carbonyl (C=O) groups is 1. The van der Waals surface area contributed by atoms with E-state index in [1.807, 2.05) is 31.2 Å². The van der Waals surface area contributed by atoms with E-state index in [2.05, 4.69) is 10.3 Å². The fourth-order valence-corrected chi connectivity index (χ4v) is 2.59. The lowest BCUT2D eigenvalue weighted by Crippen LogP contribution is -2.12. The van der Waals surface area contributed by atoms with Crippen molar-refractivity contribution in [3.05, 3.63) is 75.6 Å². The Morgan fingerprint density at radius 2 is 1.88 bits per heavy atom. The number of hydrogen-bond donors (Lipinski definition) is 2. The Bertz CT molecular complexity index is 943. The summed E-state index contributed by atoms with van der Waals surface area (Å²) in [4.78, 5) is 26.8. The lowest BCUT2D eigenvalue weighted by molar-refractivity contribution is 0.102. The highest BCUT2D eigenvalue weighted by atomic mass is 16.5. The average Bonchev–Trinajstić information content (AvgIpc) is 2.55. The summed E-state index contributed by atoms with van der Waals surface area (Å²) in [7, 11) is 1.59. The number of fused-ring (bicyclic) bond motifs is 1. The zero-order chi connectivity index (χ0) is 17.1. The highest BCUT2D eigenvalue weighted by Gasteiger charge is 2.08. The normalized spacial score (nSPS) is 10.8. The number of nitrogens with one attached hydrogen (secondary N) is 2. The van der Waals surface area contributed by atoms with Crippen LogP contribution in [0.3, 0.4) is 0 Å². The van der Waals surface area contributed by atoms with Crippen LogP contribution in [0.15, 0.2) is 53.3 Å². The van der Waals surface area contributed by atoms with Gasteiger partial charge in [-0.25, -0.2) is 0 Å². The molecule has 0 atom stereocenters. The Morgan fingerprint density at radius 3 is 2.58 bits per heavy atom. The zero-order valence-corrected chi connectivity index (χ0v) is 13.6. The van der Waals surface area contributed by atoms with Gasteiger partial charge < -0.3 is 15.0 Å². The number of benzene rings is 2. The van der Waals surface area contributed by atoms with Gasteiger partial charge in [-0.3, -0.25) is 9.59 Å². The van der Waals surface area contributed by atoms with Gasteiger partial charge in [0.25, 0.3) is 5.91 Å². The third-order valence-corrected chi connectivity index (χ3v) is 3.80. The number of anilines is 1. The SMILES string of the molecule is COCc1cc(=O)[nH]c2cc(NC(=O)c3ccc(C)cc3)ccc12. The molecule has 1 aromatic heterocycles. The van der Waals surface area contributed by atoms with Crippen LogP contribution in [0.4, 0.5) is 5.69 Å². The molecule has 3 aromatic rings. The molecule has 0 bridgehead atoms. The third-order valence-electron chi connectivity index (χ3n) is 3.80. The van der Waals surface area contributed by atoms with Crippen molar-refractivity contribution in [2.45, 2.75) is 13.5 Å². The van der Waals surface area contributed by atoms with Crippen LogP contribution in [0.2, 0.25) is 0 Å². The topological polar surface area (TPSA) is 71.2 Å². The van der Waals surface area contributed by atoms with E-state index in [4.69, 9.17) is 4.74 Å². The molecule has 1 amide bonds. The van der Waals surface area contributed by atoms with Gasteiger partial charge in [-0.15, -0.1) is 0 Å². The highest BCUT2D eigenvalue weighted by Crippen LogP contribution is 2.21. The number of aromatic nitrogens is 1. The van der Waals surface area contributed by atoms with Crippen LogP contribution in [0, 0.1) is 6.92 Å². The molecule has 5 nitrogen and oxygen atoms in total. The molecule has 122 valence electrons. The van der Waals surface area contributed by atoms with E-state index in [0.29, 0.717) is 23.4 Å². The Labute approximate surface area is 139 Å². The van der Waals surface area contributed by atoms with E-state index in [1.165, 1.54) is 6.07 Å². The molecule has 0 aliphatic carbocycles. The summed E-state index contributed by atoms with van der Waals surface area (Å²) in [6.07, 6.45) is 0. The second-order valence-electron chi connectivity index (χ2n) is 5.67. The summed E-state index contributed by atoms with van der Waals surface area (Å²) in [6.45, 7) is 2.33. The van der Waals surface area contributed by atoms with E-state index < -0.39 is 0 Å². The van der Waals surface area contributed by atoms with Crippen molar-refractivity contribution in [3.8, 4) is 0 Å². The number of pyridine rings is 1. The maximum atomic E-state index is 12.3. The summed E-state index contributed by atoms with van der Waals surface area (Å²) in [5.74, 6) is -0.190. The Balaban J connectivity index is 1.92. The van der Waals surface area contributed by atoms with Gasteiger partial charge in [0.05, 0.1) is 12.1 Å². The molecule has 0 aliphatic heterocycles. The Hall–Kier alpha value is -2.92. The summed E-state index contributed by atoms with van der Waals surface area (Å²) in [5, 5.41) is 3.74. The van der Waals surface area contributed by atoms with Crippen molar-refractivity contribution >= 4 is 22.5 Å². The number of methoxy groups -OCH3 is 1. The van der Waals surface area contributed by atoms with Crippen molar-refractivity contribution in [2.75, 3.05) is 12.4 Å². The van der Waals surface area contributed by atoms with Crippen LogP contribution in [0.1, 0.15) is 21.5 Å². The van der Waals surface area contributed by atoms with Crippen molar-refractivity contribution in [1.29, 1.82) is 0 Å². The largest absolute Gasteiger partial charge is 0.380 e. The first-order valence-electron chi connectivity index (χ1n) is 7.60. The van der Waals surface area contributed by atoms with Gasteiger partial charge in [-0.2, -0.15) is 0 Å². The Kier molecular flexibility index (Phi) is 4.44. The smallest absolute Gasteiger partial charge is 0.255 e. The van der Waals surface area contributed by atoms with Crippen LogP contribution in [-0.4, -0.2) is 18.0 Å². The fourth-order valence-electron chi connectivity index (χ4n) is 2.59. The molecular formula is C19H18N2O3. The highest BCUT2D eigenvalue weighted by molar-refractivity contribution is 6.05. The molecule has 0 saturated carbocycles. The van der Waals surface area contributed by atoms with Crippen molar-refractivity contribution < 1.29 is 9.53 Å². The van der Waals surface area contributed by atoms with Gasteiger partial charge in [0.15, 0.2) is 0 Å². The number of H-pyrrole nitrogens is 1. The fraction of sp³-hybridized carbons (Fsp3) is 0.158. The number of carbonyl (C=O) groups excluding carboxylic acids is 1. The molecular weight excluding hydrogens is 304 g/mol. The molecule has 3 rings (SSSR count). The van der Waals surface area contributed by atoms with Gasteiger partial charge in [0, 0.05) is 29.8 Å². The first-order chi connectivity index (χ1) is 11.6. The molecule has 0 spiro atoms. The lowest BCUT2D eigenvalue weighted by atomic mass is 10.1. The number of amides is 1. The van der Waals surface area contributed by atoms with Gasteiger partial charge in [-0.05, 0) is 36.8 Å². The zero-order valence-electron chi connectivity index (χ0n) is 13.6. The number of hydrogen-bond acceptors (Lipinski definition) is 3. The van der Waals surface area contributed by atoms with Crippen molar-refractivity contribution in [2.24, 2.45) is 0 Å². The summed E-state index contributed by atoms with van der Waals surface area (Å²) < 4.78 is 5.13. The predicted molar refractivity (Wildman–Crippen MR) is 94.4 cm³/mol. The van der Waals surface area contributed by atoms with Crippen LogP contribution in [0.25, 0.3) is 10.9 Å². The van der Waals surface area contributed by atoms with Crippen LogP contribution >= 0.6 is 0 Å². The summed E-state index contributed by atoms with van der Waals surface area (Å²) >= 11 is 0. The molecule has 0 aliphatic rings. The predicted octanol–water partition coefficient (Wildman–Crippen LogP) is 3.24. The van der Waals surface area contributed by atoms with Crippen LogP contribution in [0.5, 0.6) is 0 Å². The third kappa shape index (κ3) is 3.36. The number of aryl methyl sites for hydroxylation is 1. The van der Waals surface area contributed by atoms with Crippen molar-refractivity contribution in [1.82, 2.24) is 4.98 Å². The number of aromatic amines is 1. The minimum Gasteiger partial charge on any atom is -0.380 e. The lowest BCUT2D eigenvalue weighted by Gasteiger charge is -2.09. The molecule has 0 radical (unpaired) electrons. The van der Waals surface area contributed by atoms with Crippen LogP contribution < -0.4 is 10.9 Å². The van der Waals surface area contributed by atoms with E-state index in [1.54, 1.807) is 25.3 Å². The number of ether oxygens (including phenoxy) is 1. The maximum absolute atomic E-state index is 12.3. The average molecular weight is 322 g/mol. The second-order valence-corrected chi connectivity index (χ2v) is 5.67. The first kappa shape index (κ1) is 16.0. The van der Waals surface area contributed by atoms with Crippen molar-refractivity contribution in [3.63, 3.8) is 0 Å². The monoisotopic (exact) mass is 322 g/mol. The molecule has 0 fully saturated rings. The van der Waals surface area contributed by atoms with Gasteiger partial charge in [0.1, 0.15) is 0 Å². The maximum Gasteiger partial charge on any atom is 0.255 e. The molecule has 2 aromatic carbocycles. The standard InChI is InChI=1S/C19H18N2O3/c1-12-3-5-13(6-4-12)19(23)20-15-7-8-16-14(11-24-2)9-18(22)21-17(16)10-15/h3-10H,11H2,1-2H3,(H,20,23)(H,21,22). The second kappa shape index (κ2) is 6.68. The van der Waals surface area contributed by atoms with E-state index >= 15 is 0 Å². The molecule has 24 heavy (non-hydrogen) atoms. The molecule has 1 heterocycles. The first-order valence-corrected chi connectivity index (χ1v) is 7.60. The summed E-state index contributed by atoms with van der Waals surface area (Å²) in [5.41, 5.74) is 3.58. The van der Waals surface area contributed by atoms with Gasteiger partial charge in [0.2, 0.25) is 5.56 Å². The van der Waals surface area contributed by atoms with E-state index in [9.17, 15) is 9.59 Å². The number of rotatable bonds is 4. The van der Waals surface area contributed by atoms with Crippen LogP contribution in [-0.2, 0) is 11.3 Å². The summed E-state index contributed by atoms with van der Waals surface area (Å²) in [6, 6.07) is 14.3. The van der Waals surface area contributed by atoms with Gasteiger partial charge >= 0.3 is 0 Å². The Morgan fingerprint density at radius 1 is 1.12 bits per heavy atom. The minimum atomic E-state index is -0.198. The molecule has 5 heteroatoms. The molecule has 2 N–H and O–H groups in total. The quantitative estimate of drug-likeness (QED) is 0.774. The van der Waals surface area contributed by atoms with Gasteiger partial charge in [-0.1, -0.05) is 23.8 Å². The van der Waals surface area contributed by atoms with E-state index in [-0.39, 0.29) is 11.5 Å². The molecule has 0 saturated heterocycles. The van der Waals surface area contributed by atoms with E-state index in [0.717, 1.165) is 16.5 Å².